The molecule has 1 aromatic carbocycles. The average molecular weight is 493 g/mol. The fourth-order valence-corrected chi connectivity index (χ4v) is 5.19. The van der Waals surface area contributed by atoms with Gasteiger partial charge in [-0.1, -0.05) is 36.4 Å². The number of anilines is 1. The molecule has 0 aliphatic rings. The number of hydrogen-bond acceptors (Lipinski definition) is 7. The molecule has 0 saturated carbocycles. The number of amides is 1. The number of benzene rings is 1. The van der Waals surface area contributed by atoms with Crippen molar-refractivity contribution in [2.45, 2.75) is 32.0 Å². The zero-order valence-corrected chi connectivity index (χ0v) is 20.8. The van der Waals surface area contributed by atoms with Crippen LogP contribution in [-0.2, 0) is 17.8 Å². The van der Waals surface area contributed by atoms with Crippen molar-refractivity contribution in [1.82, 2.24) is 14.8 Å². The Morgan fingerprint density at radius 2 is 2.06 bits per heavy atom. The molecular formula is C22H25ClN4O3S2. The number of aryl methyl sites for hydroxylation is 1. The largest absolute Gasteiger partial charge is 0.495 e. The fourth-order valence-electron chi connectivity index (χ4n) is 3.27. The number of thiophene rings is 1. The van der Waals surface area contributed by atoms with E-state index < -0.39 is 0 Å². The maximum absolute atomic E-state index is 12.7. The van der Waals surface area contributed by atoms with Crippen molar-refractivity contribution in [3.63, 3.8) is 0 Å². The van der Waals surface area contributed by atoms with E-state index >= 15 is 0 Å². The Labute approximate surface area is 200 Å². The minimum absolute atomic E-state index is 0.146. The van der Waals surface area contributed by atoms with E-state index in [1.165, 1.54) is 36.4 Å². The van der Waals surface area contributed by atoms with E-state index in [9.17, 15) is 4.79 Å². The molecule has 0 aliphatic heterocycles. The van der Waals surface area contributed by atoms with Crippen LogP contribution in [0.15, 0.2) is 35.3 Å². The number of carbonyl (C=O) groups excluding carboxylic acids is 1. The number of rotatable bonds is 10. The second-order valence-corrected chi connectivity index (χ2v) is 9.20. The van der Waals surface area contributed by atoms with Gasteiger partial charge in [-0.05, 0) is 18.9 Å². The standard InChI is InChI=1S/C22H25ClN4O3S2/c1-6-8-27-21(15-11-31-13(3)14(15)7-2)25-26-22(27)32-12-20(28)24-17-10-18(29-4)16(23)9-19(17)30-5/h6,9-11H,1,7-8,12H2,2-5H3,(H,24,28). The van der Waals surface area contributed by atoms with Gasteiger partial charge in [-0.3, -0.25) is 9.36 Å². The number of allylic oxidation sites excluding steroid dienone is 1. The predicted molar refractivity (Wildman–Crippen MR) is 132 cm³/mol. The number of aromatic nitrogens is 3. The summed E-state index contributed by atoms with van der Waals surface area (Å²) in [4.78, 5) is 13.9. The fraction of sp³-hybridized carbons (Fsp3) is 0.318. The lowest BCUT2D eigenvalue weighted by Crippen LogP contribution is -2.15. The Kier molecular flexibility index (Phi) is 8.22. The molecule has 0 fully saturated rings. The van der Waals surface area contributed by atoms with Crippen molar-refractivity contribution in [3.8, 4) is 22.9 Å². The molecule has 0 spiro atoms. The van der Waals surface area contributed by atoms with E-state index in [0.717, 1.165) is 17.8 Å². The van der Waals surface area contributed by atoms with Crippen molar-refractivity contribution < 1.29 is 14.3 Å². The number of ether oxygens (including phenoxy) is 2. The van der Waals surface area contributed by atoms with E-state index in [4.69, 9.17) is 21.1 Å². The smallest absolute Gasteiger partial charge is 0.234 e. The van der Waals surface area contributed by atoms with Crippen molar-refractivity contribution in [1.29, 1.82) is 0 Å². The summed E-state index contributed by atoms with van der Waals surface area (Å²) >= 11 is 9.15. The molecule has 10 heteroatoms. The van der Waals surface area contributed by atoms with Gasteiger partial charge in [0.2, 0.25) is 5.91 Å². The molecule has 0 aliphatic carbocycles. The van der Waals surface area contributed by atoms with Crippen LogP contribution in [0.1, 0.15) is 17.4 Å². The van der Waals surface area contributed by atoms with Crippen LogP contribution in [0.5, 0.6) is 11.5 Å². The van der Waals surface area contributed by atoms with Gasteiger partial charge >= 0.3 is 0 Å². The van der Waals surface area contributed by atoms with Crippen LogP contribution >= 0.6 is 34.7 Å². The maximum Gasteiger partial charge on any atom is 0.234 e. The van der Waals surface area contributed by atoms with E-state index in [0.29, 0.717) is 33.9 Å². The minimum Gasteiger partial charge on any atom is -0.495 e. The molecule has 3 aromatic rings. The summed E-state index contributed by atoms with van der Waals surface area (Å²) in [6, 6.07) is 3.23. The molecular weight excluding hydrogens is 468 g/mol. The molecule has 0 unspecified atom stereocenters. The van der Waals surface area contributed by atoms with Crippen LogP contribution in [-0.4, -0.2) is 40.6 Å². The van der Waals surface area contributed by atoms with E-state index in [-0.39, 0.29) is 11.7 Å². The first-order valence-corrected chi connectivity index (χ1v) is 12.1. The van der Waals surface area contributed by atoms with Gasteiger partial charge in [0.05, 0.1) is 30.7 Å². The highest BCUT2D eigenvalue weighted by Gasteiger charge is 2.19. The summed E-state index contributed by atoms with van der Waals surface area (Å²) < 4.78 is 12.5. The highest BCUT2D eigenvalue weighted by atomic mass is 35.5. The molecule has 1 amide bonds. The Hall–Kier alpha value is -2.49. The van der Waals surface area contributed by atoms with Crippen LogP contribution in [0.25, 0.3) is 11.4 Å². The number of halogens is 1. The van der Waals surface area contributed by atoms with Crippen LogP contribution in [0, 0.1) is 6.92 Å². The second-order valence-electron chi connectivity index (χ2n) is 6.77. The number of hydrogen-bond donors (Lipinski definition) is 1. The zero-order chi connectivity index (χ0) is 23.3. The molecule has 170 valence electrons. The number of nitrogens with one attached hydrogen (secondary N) is 1. The monoisotopic (exact) mass is 492 g/mol. The highest BCUT2D eigenvalue weighted by Crippen LogP contribution is 2.36. The third-order valence-corrected chi connectivity index (χ3v) is 7.02. The van der Waals surface area contributed by atoms with Crippen molar-refractivity contribution in [3.05, 3.63) is 45.6 Å². The topological polar surface area (TPSA) is 78.3 Å². The van der Waals surface area contributed by atoms with Gasteiger partial charge in [0.25, 0.3) is 0 Å². The summed E-state index contributed by atoms with van der Waals surface area (Å²) in [6.07, 6.45) is 2.72. The number of thioether (sulfide) groups is 1. The van der Waals surface area contributed by atoms with E-state index in [1.807, 2.05) is 4.57 Å². The summed E-state index contributed by atoms with van der Waals surface area (Å²) in [6.45, 7) is 8.65. The Morgan fingerprint density at radius 1 is 1.31 bits per heavy atom. The Morgan fingerprint density at radius 3 is 2.72 bits per heavy atom. The quantitative estimate of drug-likeness (QED) is 0.299. The molecule has 32 heavy (non-hydrogen) atoms. The third-order valence-electron chi connectivity index (χ3n) is 4.81. The van der Waals surface area contributed by atoms with Crippen molar-refractivity contribution in [2.75, 3.05) is 25.3 Å². The molecule has 3 rings (SSSR count). The third kappa shape index (κ3) is 5.11. The molecule has 0 bridgehead atoms. The molecule has 2 aromatic heterocycles. The van der Waals surface area contributed by atoms with Crippen LogP contribution < -0.4 is 14.8 Å². The zero-order valence-electron chi connectivity index (χ0n) is 18.4. The van der Waals surface area contributed by atoms with Crippen LogP contribution in [0.2, 0.25) is 5.02 Å². The molecule has 0 atom stereocenters. The molecule has 0 radical (unpaired) electrons. The first-order chi connectivity index (χ1) is 15.4. The van der Waals surface area contributed by atoms with Gasteiger partial charge in [-0.2, -0.15) is 0 Å². The lowest BCUT2D eigenvalue weighted by molar-refractivity contribution is -0.113. The molecule has 1 N–H and O–H groups in total. The van der Waals surface area contributed by atoms with Crippen LogP contribution in [0.4, 0.5) is 5.69 Å². The van der Waals surface area contributed by atoms with E-state index in [2.05, 4.69) is 41.3 Å². The second kappa shape index (κ2) is 10.9. The maximum atomic E-state index is 12.7. The van der Waals surface area contributed by atoms with Gasteiger partial charge in [-0.25, -0.2) is 0 Å². The summed E-state index contributed by atoms with van der Waals surface area (Å²) in [5.74, 6) is 1.62. The van der Waals surface area contributed by atoms with Gasteiger partial charge in [0.15, 0.2) is 11.0 Å². The predicted octanol–water partition coefficient (Wildman–Crippen LogP) is 5.46. The molecule has 7 nitrogen and oxygen atoms in total. The first kappa shape index (κ1) is 24.2. The first-order valence-electron chi connectivity index (χ1n) is 9.89. The summed E-state index contributed by atoms with van der Waals surface area (Å²) in [7, 11) is 3.02. The van der Waals surface area contributed by atoms with Gasteiger partial charge in [-0.15, -0.1) is 28.1 Å². The van der Waals surface area contributed by atoms with Gasteiger partial charge in [0.1, 0.15) is 11.5 Å². The lowest BCUT2D eigenvalue weighted by atomic mass is 10.1. The summed E-state index contributed by atoms with van der Waals surface area (Å²) in [5, 5.41) is 14.8. The van der Waals surface area contributed by atoms with Gasteiger partial charge in [0, 0.05) is 34.5 Å². The van der Waals surface area contributed by atoms with Crippen molar-refractivity contribution in [2.24, 2.45) is 0 Å². The number of nitrogens with zero attached hydrogens (tertiary/aromatic N) is 3. The van der Waals surface area contributed by atoms with Gasteiger partial charge < -0.3 is 14.8 Å². The molecule has 0 saturated heterocycles. The SMILES string of the molecule is C=CCn1c(SCC(=O)Nc2cc(OC)c(Cl)cc2OC)nnc1-c1csc(C)c1CC. The highest BCUT2D eigenvalue weighted by molar-refractivity contribution is 7.99. The van der Waals surface area contributed by atoms with E-state index in [1.54, 1.807) is 29.5 Å². The number of carbonyl (C=O) groups is 1. The summed E-state index contributed by atoms with van der Waals surface area (Å²) in [5.41, 5.74) is 2.83. The Balaban J connectivity index is 1.78. The molecule has 2 heterocycles. The minimum atomic E-state index is -0.215. The normalized spacial score (nSPS) is 10.8. The average Bonchev–Trinajstić information content (AvgIpc) is 3.35. The van der Waals surface area contributed by atoms with Crippen molar-refractivity contribution >= 4 is 46.3 Å². The lowest BCUT2D eigenvalue weighted by Gasteiger charge is -2.13. The Bertz CT molecular complexity index is 1130. The van der Waals surface area contributed by atoms with Crippen LogP contribution in [0.3, 0.4) is 0 Å². The number of methoxy groups -OCH3 is 2.